The van der Waals surface area contributed by atoms with Crippen molar-refractivity contribution in [3.8, 4) is 0 Å². The van der Waals surface area contributed by atoms with Crippen LogP contribution in [0.2, 0.25) is 0 Å². The monoisotopic (exact) mass is 434 g/mol. The topological polar surface area (TPSA) is 72.8 Å². The van der Waals surface area contributed by atoms with Crippen LogP contribution in [0.25, 0.3) is 0 Å². The Hall–Kier alpha value is -1.10. The zero-order valence-electron chi connectivity index (χ0n) is 20.1. The molecule has 5 heteroatoms. The highest BCUT2D eigenvalue weighted by Gasteiger charge is 2.65. The van der Waals surface area contributed by atoms with E-state index in [-0.39, 0.29) is 40.9 Å². The average molecular weight is 435 g/mol. The Morgan fingerprint density at radius 1 is 1.06 bits per heavy atom. The number of carbonyl (C=O) groups excluding carboxylic acids is 2. The van der Waals surface area contributed by atoms with Crippen molar-refractivity contribution < 1.29 is 24.2 Å². The summed E-state index contributed by atoms with van der Waals surface area (Å²) >= 11 is 0. The number of hydrogen-bond acceptors (Lipinski definition) is 5. The van der Waals surface area contributed by atoms with E-state index in [4.69, 9.17) is 9.47 Å². The minimum absolute atomic E-state index is 0.0857. The lowest BCUT2D eigenvalue weighted by molar-refractivity contribution is -0.196. The lowest BCUT2D eigenvalue weighted by Gasteiger charge is -2.62. The van der Waals surface area contributed by atoms with Crippen LogP contribution < -0.4 is 0 Å². The smallest absolute Gasteiger partial charge is 0.305 e. The summed E-state index contributed by atoms with van der Waals surface area (Å²) in [5.41, 5.74) is 0.148. The summed E-state index contributed by atoms with van der Waals surface area (Å²) in [6.45, 7) is 8.52. The van der Waals surface area contributed by atoms with Crippen molar-refractivity contribution in [2.45, 2.75) is 97.7 Å². The molecule has 1 N–H and O–H groups in total. The third kappa shape index (κ3) is 3.73. The van der Waals surface area contributed by atoms with Crippen molar-refractivity contribution in [1.29, 1.82) is 0 Å². The number of methoxy groups -OCH3 is 1. The molecule has 4 saturated carbocycles. The number of aliphatic hydroxyl groups is 1. The Labute approximate surface area is 187 Å². The van der Waals surface area contributed by atoms with E-state index in [0.717, 1.165) is 38.5 Å². The van der Waals surface area contributed by atoms with Gasteiger partial charge >= 0.3 is 11.9 Å². The molecule has 10 atom stereocenters. The quantitative estimate of drug-likeness (QED) is 0.647. The first-order valence-corrected chi connectivity index (χ1v) is 12.5. The van der Waals surface area contributed by atoms with Gasteiger partial charge in [0.15, 0.2) is 0 Å². The van der Waals surface area contributed by atoms with Crippen LogP contribution in [-0.4, -0.2) is 36.4 Å². The first kappa shape index (κ1) is 23.1. The van der Waals surface area contributed by atoms with E-state index in [1.165, 1.54) is 26.9 Å². The number of hydrogen-bond donors (Lipinski definition) is 1. The molecule has 0 saturated heterocycles. The molecule has 0 amide bonds. The number of aliphatic hydroxyl groups excluding tert-OH is 1. The molecule has 0 aromatic heterocycles. The van der Waals surface area contributed by atoms with Crippen LogP contribution in [0.1, 0.15) is 85.5 Å². The zero-order valence-corrected chi connectivity index (χ0v) is 20.1. The van der Waals surface area contributed by atoms with Gasteiger partial charge in [-0.1, -0.05) is 20.8 Å². The predicted molar refractivity (Wildman–Crippen MR) is 118 cm³/mol. The molecule has 0 radical (unpaired) electrons. The molecule has 0 spiro atoms. The van der Waals surface area contributed by atoms with E-state index in [1.54, 1.807) is 0 Å². The molecule has 176 valence electrons. The second-order valence-electron chi connectivity index (χ2n) is 11.7. The lowest BCUT2D eigenvalue weighted by Crippen LogP contribution is -2.59. The maximum Gasteiger partial charge on any atom is 0.305 e. The van der Waals surface area contributed by atoms with E-state index < -0.39 is 0 Å². The summed E-state index contributed by atoms with van der Waals surface area (Å²) in [6.07, 6.45) is 8.73. The molecular weight excluding hydrogens is 392 g/mol. The predicted octanol–water partition coefficient (Wildman–Crippen LogP) is 4.75. The molecular formula is C26H42O5. The standard InChI is InChI=1S/C26H42O5/c1-15(12-24(29)30-5)20-8-9-21-19-7-6-17-13-18(28)10-11-25(17,3)22(19)14-23(26(20,21)4)31-16(2)27/h15,17-23,28H,6-14H2,1-5H3/t15-,17-,18+,19-,20-,21+,22-,23-,25-,26+/m0/s1. The molecule has 4 aliphatic carbocycles. The van der Waals surface area contributed by atoms with Crippen LogP contribution in [0.4, 0.5) is 0 Å². The zero-order chi connectivity index (χ0) is 22.6. The van der Waals surface area contributed by atoms with Gasteiger partial charge in [-0.2, -0.15) is 0 Å². The van der Waals surface area contributed by atoms with Gasteiger partial charge in [-0.05, 0) is 92.3 Å². The van der Waals surface area contributed by atoms with Crippen LogP contribution >= 0.6 is 0 Å². The maximum atomic E-state index is 12.2. The maximum absolute atomic E-state index is 12.2. The minimum Gasteiger partial charge on any atom is -0.469 e. The first-order valence-electron chi connectivity index (χ1n) is 12.5. The van der Waals surface area contributed by atoms with Crippen LogP contribution in [0.3, 0.4) is 0 Å². The molecule has 0 aliphatic heterocycles. The minimum atomic E-state index is -0.189. The third-order valence-corrected chi connectivity index (χ3v) is 10.5. The highest BCUT2D eigenvalue weighted by atomic mass is 16.5. The third-order valence-electron chi connectivity index (χ3n) is 10.5. The van der Waals surface area contributed by atoms with Gasteiger partial charge in [0.1, 0.15) is 6.10 Å². The van der Waals surface area contributed by atoms with E-state index in [9.17, 15) is 14.7 Å². The first-order chi connectivity index (χ1) is 14.6. The Bertz CT molecular complexity index is 706. The molecule has 4 aliphatic rings. The van der Waals surface area contributed by atoms with Crippen LogP contribution in [-0.2, 0) is 19.1 Å². The van der Waals surface area contributed by atoms with Gasteiger partial charge in [-0.15, -0.1) is 0 Å². The van der Waals surface area contributed by atoms with Crippen LogP contribution in [0.15, 0.2) is 0 Å². The SMILES string of the molecule is COC(=O)C[C@H](C)[C@@H]1CC[C@@H]2[C@@H]3CC[C@H]4C[C@H](O)CC[C@]4(C)[C@H]3C[C@H](OC(C)=O)[C@@]21C. The largest absolute Gasteiger partial charge is 0.469 e. The normalized spacial score (nSPS) is 47.5. The van der Waals surface area contributed by atoms with Crippen molar-refractivity contribution in [3.05, 3.63) is 0 Å². The summed E-state index contributed by atoms with van der Waals surface area (Å²) in [6, 6.07) is 0. The van der Waals surface area contributed by atoms with Crippen molar-refractivity contribution in [3.63, 3.8) is 0 Å². The van der Waals surface area contributed by atoms with Crippen molar-refractivity contribution in [2.75, 3.05) is 7.11 Å². The molecule has 0 aromatic carbocycles. The molecule has 0 heterocycles. The second kappa shape index (κ2) is 8.35. The molecule has 4 fully saturated rings. The number of ether oxygens (including phenoxy) is 2. The Balaban J connectivity index is 1.66. The highest BCUT2D eigenvalue weighted by molar-refractivity contribution is 5.69. The second-order valence-corrected chi connectivity index (χ2v) is 11.7. The van der Waals surface area contributed by atoms with Gasteiger partial charge in [-0.25, -0.2) is 0 Å². The number of rotatable bonds is 4. The van der Waals surface area contributed by atoms with E-state index in [2.05, 4.69) is 20.8 Å². The average Bonchev–Trinajstić information content (AvgIpc) is 3.07. The fraction of sp³-hybridized carbons (Fsp3) is 0.923. The number of carbonyl (C=O) groups is 2. The van der Waals surface area contributed by atoms with Gasteiger partial charge < -0.3 is 14.6 Å². The van der Waals surface area contributed by atoms with E-state index in [1.807, 2.05) is 0 Å². The summed E-state index contributed by atoms with van der Waals surface area (Å²) in [5.74, 6) is 2.56. The van der Waals surface area contributed by atoms with Gasteiger partial charge in [0.2, 0.25) is 0 Å². The summed E-state index contributed by atoms with van der Waals surface area (Å²) in [4.78, 5) is 24.2. The molecule has 0 bridgehead atoms. The van der Waals surface area contributed by atoms with Gasteiger partial charge in [0.05, 0.1) is 13.2 Å². The van der Waals surface area contributed by atoms with Gasteiger partial charge in [-0.3, -0.25) is 9.59 Å². The molecule has 0 unspecified atom stereocenters. The Morgan fingerprint density at radius 3 is 2.48 bits per heavy atom. The Morgan fingerprint density at radius 2 is 1.81 bits per heavy atom. The lowest BCUT2D eigenvalue weighted by atomic mass is 9.43. The molecule has 5 nitrogen and oxygen atoms in total. The van der Waals surface area contributed by atoms with Crippen LogP contribution in [0.5, 0.6) is 0 Å². The number of fused-ring (bicyclic) bond motifs is 5. The van der Waals surface area contributed by atoms with E-state index >= 15 is 0 Å². The van der Waals surface area contributed by atoms with Crippen molar-refractivity contribution in [2.24, 2.45) is 46.3 Å². The van der Waals surface area contributed by atoms with Crippen molar-refractivity contribution in [1.82, 2.24) is 0 Å². The van der Waals surface area contributed by atoms with Crippen molar-refractivity contribution >= 4 is 11.9 Å². The summed E-state index contributed by atoms with van der Waals surface area (Å²) in [7, 11) is 1.46. The Kier molecular flexibility index (Phi) is 6.22. The summed E-state index contributed by atoms with van der Waals surface area (Å²) in [5, 5.41) is 10.3. The summed E-state index contributed by atoms with van der Waals surface area (Å²) < 4.78 is 11.1. The van der Waals surface area contributed by atoms with Crippen LogP contribution in [0, 0.1) is 46.3 Å². The fourth-order valence-electron chi connectivity index (χ4n) is 9.00. The number of esters is 2. The van der Waals surface area contributed by atoms with Gasteiger partial charge in [0.25, 0.3) is 0 Å². The molecule has 4 rings (SSSR count). The van der Waals surface area contributed by atoms with E-state index in [0.29, 0.717) is 36.0 Å². The highest BCUT2D eigenvalue weighted by Crippen LogP contribution is 2.68. The fourth-order valence-corrected chi connectivity index (χ4v) is 9.00. The van der Waals surface area contributed by atoms with Gasteiger partial charge in [0, 0.05) is 18.8 Å². The molecule has 31 heavy (non-hydrogen) atoms. The molecule has 0 aromatic rings.